The number of ether oxygens (including phenoxy) is 2. The van der Waals surface area contributed by atoms with Crippen molar-refractivity contribution in [1.29, 1.82) is 0 Å². The van der Waals surface area contributed by atoms with Crippen LogP contribution < -0.4 is 9.47 Å². The highest BCUT2D eigenvalue weighted by atomic mass is 16.7. The van der Waals surface area contributed by atoms with Gasteiger partial charge in [0.15, 0.2) is 11.5 Å². The van der Waals surface area contributed by atoms with Gasteiger partial charge >= 0.3 is 0 Å². The summed E-state index contributed by atoms with van der Waals surface area (Å²) in [4.78, 5) is 14.3. The average molecular weight is 261 g/mol. The zero-order valence-corrected chi connectivity index (χ0v) is 11.4. The SMILES string of the molecule is CCCN1Cc2cc3c(cc2CC(C)C1=O)OCO3. The molecule has 0 spiro atoms. The summed E-state index contributed by atoms with van der Waals surface area (Å²) >= 11 is 0. The molecule has 3 rings (SSSR count). The zero-order valence-electron chi connectivity index (χ0n) is 11.4. The molecule has 0 fully saturated rings. The number of benzene rings is 1. The lowest BCUT2D eigenvalue weighted by molar-refractivity contribution is -0.135. The van der Waals surface area contributed by atoms with E-state index in [1.807, 2.05) is 24.0 Å². The first-order valence-electron chi connectivity index (χ1n) is 6.89. The third-order valence-electron chi connectivity index (χ3n) is 3.81. The Kier molecular flexibility index (Phi) is 3.09. The molecule has 0 saturated carbocycles. The fraction of sp³-hybridized carbons (Fsp3) is 0.533. The molecule has 0 aromatic heterocycles. The molecular weight excluding hydrogens is 242 g/mol. The molecule has 0 N–H and O–H groups in total. The van der Waals surface area contributed by atoms with Crippen LogP contribution >= 0.6 is 0 Å². The Hall–Kier alpha value is -1.71. The Morgan fingerprint density at radius 3 is 2.63 bits per heavy atom. The number of fused-ring (bicyclic) bond motifs is 2. The fourth-order valence-corrected chi connectivity index (χ4v) is 2.83. The van der Waals surface area contributed by atoms with Gasteiger partial charge in [-0.3, -0.25) is 4.79 Å². The minimum absolute atomic E-state index is 0.0353. The minimum atomic E-state index is 0.0353. The van der Waals surface area contributed by atoms with E-state index in [-0.39, 0.29) is 11.8 Å². The Morgan fingerprint density at radius 2 is 1.95 bits per heavy atom. The smallest absolute Gasteiger partial charge is 0.231 e. The number of rotatable bonds is 2. The standard InChI is InChI=1S/C15H19NO3/c1-3-4-16-8-12-7-14-13(18-9-19-14)6-11(12)5-10(2)15(16)17/h6-7,10H,3-5,8-9H2,1-2H3. The topological polar surface area (TPSA) is 38.8 Å². The van der Waals surface area contributed by atoms with E-state index in [1.165, 1.54) is 11.1 Å². The second-order valence-corrected chi connectivity index (χ2v) is 5.34. The molecule has 1 aromatic carbocycles. The first-order valence-corrected chi connectivity index (χ1v) is 6.89. The summed E-state index contributed by atoms with van der Waals surface area (Å²) in [6.07, 6.45) is 1.77. The van der Waals surface area contributed by atoms with E-state index < -0.39 is 0 Å². The van der Waals surface area contributed by atoms with Crippen molar-refractivity contribution in [3.63, 3.8) is 0 Å². The molecule has 1 unspecified atom stereocenters. The molecule has 0 radical (unpaired) electrons. The highest BCUT2D eigenvalue weighted by molar-refractivity contribution is 5.79. The molecule has 1 amide bonds. The summed E-state index contributed by atoms with van der Waals surface area (Å²) in [6, 6.07) is 4.07. The minimum Gasteiger partial charge on any atom is -0.454 e. The maximum Gasteiger partial charge on any atom is 0.231 e. The molecule has 0 bridgehead atoms. The summed E-state index contributed by atoms with van der Waals surface area (Å²) in [5, 5.41) is 0. The summed E-state index contributed by atoms with van der Waals surface area (Å²) in [5.74, 6) is 1.90. The third-order valence-corrected chi connectivity index (χ3v) is 3.81. The van der Waals surface area contributed by atoms with Crippen molar-refractivity contribution in [2.24, 2.45) is 5.92 Å². The van der Waals surface area contributed by atoms with Crippen molar-refractivity contribution in [1.82, 2.24) is 4.90 Å². The average Bonchev–Trinajstić information content (AvgIpc) is 2.80. The highest BCUT2D eigenvalue weighted by Gasteiger charge is 2.28. The molecule has 1 atom stereocenters. The van der Waals surface area contributed by atoms with Crippen LogP contribution in [0.2, 0.25) is 0 Å². The van der Waals surface area contributed by atoms with E-state index in [0.29, 0.717) is 13.3 Å². The molecular formula is C15H19NO3. The van der Waals surface area contributed by atoms with Crippen LogP contribution in [0.25, 0.3) is 0 Å². The van der Waals surface area contributed by atoms with Crippen molar-refractivity contribution in [3.05, 3.63) is 23.3 Å². The van der Waals surface area contributed by atoms with Crippen LogP contribution in [0.15, 0.2) is 12.1 Å². The Balaban J connectivity index is 1.98. The van der Waals surface area contributed by atoms with Crippen molar-refractivity contribution in [3.8, 4) is 11.5 Å². The van der Waals surface area contributed by atoms with Gasteiger partial charge in [0, 0.05) is 19.0 Å². The van der Waals surface area contributed by atoms with Crippen LogP contribution in [0.1, 0.15) is 31.4 Å². The van der Waals surface area contributed by atoms with Crippen LogP contribution in [0.5, 0.6) is 11.5 Å². The number of nitrogens with zero attached hydrogens (tertiary/aromatic N) is 1. The molecule has 4 heteroatoms. The van der Waals surface area contributed by atoms with Gasteiger partial charge in [-0.1, -0.05) is 13.8 Å². The summed E-state index contributed by atoms with van der Waals surface area (Å²) in [7, 11) is 0. The summed E-state index contributed by atoms with van der Waals surface area (Å²) in [5.41, 5.74) is 2.40. The molecule has 0 aliphatic carbocycles. The van der Waals surface area contributed by atoms with E-state index in [4.69, 9.17) is 9.47 Å². The van der Waals surface area contributed by atoms with Crippen molar-refractivity contribution in [2.75, 3.05) is 13.3 Å². The summed E-state index contributed by atoms with van der Waals surface area (Å²) < 4.78 is 10.8. The van der Waals surface area contributed by atoms with E-state index in [0.717, 1.165) is 30.9 Å². The van der Waals surface area contributed by atoms with Gasteiger partial charge in [-0.25, -0.2) is 0 Å². The van der Waals surface area contributed by atoms with Gasteiger partial charge in [0.2, 0.25) is 12.7 Å². The third kappa shape index (κ3) is 2.15. The van der Waals surface area contributed by atoms with E-state index >= 15 is 0 Å². The predicted molar refractivity (Wildman–Crippen MR) is 71.1 cm³/mol. The Morgan fingerprint density at radius 1 is 1.26 bits per heavy atom. The molecule has 102 valence electrons. The predicted octanol–water partition coefficient (Wildman–Crippen LogP) is 2.35. The highest BCUT2D eigenvalue weighted by Crippen LogP contribution is 2.37. The van der Waals surface area contributed by atoms with Gasteiger partial charge < -0.3 is 14.4 Å². The van der Waals surface area contributed by atoms with Gasteiger partial charge in [0.05, 0.1) is 0 Å². The molecule has 2 aliphatic rings. The Labute approximate surface area is 113 Å². The number of carbonyl (C=O) groups is 1. The van der Waals surface area contributed by atoms with Gasteiger partial charge in [-0.2, -0.15) is 0 Å². The molecule has 19 heavy (non-hydrogen) atoms. The first-order chi connectivity index (χ1) is 9.19. The fourth-order valence-electron chi connectivity index (χ4n) is 2.83. The lowest BCUT2D eigenvalue weighted by Gasteiger charge is -2.22. The van der Waals surface area contributed by atoms with Crippen LogP contribution in [-0.2, 0) is 17.8 Å². The lowest BCUT2D eigenvalue weighted by atomic mass is 9.98. The van der Waals surface area contributed by atoms with Gasteiger partial charge in [0.25, 0.3) is 0 Å². The van der Waals surface area contributed by atoms with Crippen LogP contribution in [0.4, 0.5) is 0 Å². The van der Waals surface area contributed by atoms with E-state index in [1.54, 1.807) is 0 Å². The van der Waals surface area contributed by atoms with E-state index in [2.05, 4.69) is 6.92 Å². The molecule has 0 saturated heterocycles. The van der Waals surface area contributed by atoms with Crippen LogP contribution in [0, 0.1) is 5.92 Å². The molecule has 2 heterocycles. The number of carbonyl (C=O) groups excluding carboxylic acids is 1. The molecule has 1 aromatic rings. The summed E-state index contributed by atoms with van der Waals surface area (Å²) in [6.45, 7) is 5.90. The van der Waals surface area contributed by atoms with Crippen molar-refractivity contribution < 1.29 is 14.3 Å². The molecule has 4 nitrogen and oxygen atoms in total. The second kappa shape index (κ2) is 4.76. The number of hydrogen-bond acceptors (Lipinski definition) is 3. The maximum absolute atomic E-state index is 12.3. The second-order valence-electron chi connectivity index (χ2n) is 5.34. The normalized spacial score (nSPS) is 21.3. The Bertz CT molecular complexity index is 512. The van der Waals surface area contributed by atoms with Crippen LogP contribution in [-0.4, -0.2) is 24.1 Å². The van der Waals surface area contributed by atoms with Gasteiger partial charge in [0.1, 0.15) is 0 Å². The van der Waals surface area contributed by atoms with Gasteiger partial charge in [-0.15, -0.1) is 0 Å². The van der Waals surface area contributed by atoms with Crippen LogP contribution in [0.3, 0.4) is 0 Å². The van der Waals surface area contributed by atoms with Gasteiger partial charge in [-0.05, 0) is 36.1 Å². The van der Waals surface area contributed by atoms with Crippen molar-refractivity contribution in [2.45, 2.75) is 33.2 Å². The zero-order chi connectivity index (χ0) is 13.4. The number of hydrogen-bond donors (Lipinski definition) is 0. The monoisotopic (exact) mass is 261 g/mol. The quantitative estimate of drug-likeness (QED) is 0.820. The van der Waals surface area contributed by atoms with Crippen molar-refractivity contribution >= 4 is 5.91 Å². The number of amides is 1. The molecule has 2 aliphatic heterocycles. The maximum atomic E-state index is 12.3. The van der Waals surface area contributed by atoms with E-state index in [9.17, 15) is 4.79 Å². The first kappa shape index (κ1) is 12.3. The lowest BCUT2D eigenvalue weighted by Crippen LogP contribution is -2.34. The largest absolute Gasteiger partial charge is 0.454 e.